The zero-order valence-corrected chi connectivity index (χ0v) is 12.0. The lowest BCUT2D eigenvalue weighted by atomic mass is 10.0. The van der Waals surface area contributed by atoms with Gasteiger partial charge < -0.3 is 10.2 Å². The van der Waals surface area contributed by atoms with E-state index in [4.69, 9.17) is 0 Å². The minimum absolute atomic E-state index is 0.0240. The highest BCUT2D eigenvalue weighted by molar-refractivity contribution is 6.32. The molecule has 3 heteroatoms. The number of anilines is 1. The number of fused-ring (bicyclic) bond motifs is 1. The highest BCUT2D eigenvalue weighted by Crippen LogP contribution is 2.34. The van der Waals surface area contributed by atoms with Gasteiger partial charge in [-0.2, -0.15) is 0 Å². The SMILES string of the molecule is CCCN(CCC)C(C)=C1C(=O)Nc2ccccc21. The van der Waals surface area contributed by atoms with Crippen LogP contribution in [0.3, 0.4) is 0 Å². The molecule has 1 aromatic rings. The Balaban J connectivity index is 2.42. The largest absolute Gasteiger partial charge is 0.374 e. The fourth-order valence-corrected chi connectivity index (χ4v) is 2.62. The van der Waals surface area contributed by atoms with Crippen molar-refractivity contribution in [2.24, 2.45) is 0 Å². The van der Waals surface area contributed by atoms with Gasteiger partial charge in [-0.15, -0.1) is 0 Å². The molecule has 0 aromatic heterocycles. The van der Waals surface area contributed by atoms with Crippen molar-refractivity contribution in [1.29, 1.82) is 0 Å². The van der Waals surface area contributed by atoms with E-state index >= 15 is 0 Å². The quantitative estimate of drug-likeness (QED) is 0.820. The van der Waals surface area contributed by atoms with Crippen molar-refractivity contribution in [2.75, 3.05) is 18.4 Å². The predicted molar refractivity (Wildman–Crippen MR) is 79.8 cm³/mol. The van der Waals surface area contributed by atoms with E-state index in [9.17, 15) is 4.79 Å². The Labute approximate surface area is 115 Å². The van der Waals surface area contributed by atoms with Crippen LogP contribution in [0.5, 0.6) is 0 Å². The molecule has 3 nitrogen and oxygen atoms in total. The summed E-state index contributed by atoms with van der Waals surface area (Å²) in [6.45, 7) is 8.39. The summed E-state index contributed by atoms with van der Waals surface area (Å²) >= 11 is 0. The smallest absolute Gasteiger partial charge is 0.258 e. The topological polar surface area (TPSA) is 32.3 Å². The second-order valence-corrected chi connectivity index (χ2v) is 4.95. The maximum Gasteiger partial charge on any atom is 0.258 e. The van der Waals surface area contributed by atoms with Crippen molar-refractivity contribution in [3.8, 4) is 0 Å². The number of para-hydroxylation sites is 1. The number of nitrogens with one attached hydrogen (secondary N) is 1. The summed E-state index contributed by atoms with van der Waals surface area (Å²) < 4.78 is 0. The monoisotopic (exact) mass is 258 g/mol. The molecule has 0 aliphatic carbocycles. The minimum Gasteiger partial charge on any atom is -0.374 e. The van der Waals surface area contributed by atoms with Crippen molar-refractivity contribution < 1.29 is 4.79 Å². The first-order valence-electron chi connectivity index (χ1n) is 7.05. The number of hydrogen-bond acceptors (Lipinski definition) is 2. The average Bonchev–Trinajstić information content (AvgIpc) is 2.73. The molecule has 1 amide bonds. The molecule has 0 fully saturated rings. The lowest BCUT2D eigenvalue weighted by Gasteiger charge is -2.25. The highest BCUT2D eigenvalue weighted by Gasteiger charge is 2.27. The van der Waals surface area contributed by atoms with Crippen LogP contribution in [-0.2, 0) is 4.79 Å². The molecule has 1 aromatic carbocycles. The zero-order valence-electron chi connectivity index (χ0n) is 12.0. The third-order valence-corrected chi connectivity index (χ3v) is 3.49. The fourth-order valence-electron chi connectivity index (χ4n) is 2.62. The first-order chi connectivity index (χ1) is 9.19. The van der Waals surface area contributed by atoms with E-state index in [1.807, 2.05) is 24.3 Å². The number of allylic oxidation sites excluding steroid dienone is 1. The number of hydrogen-bond donors (Lipinski definition) is 1. The zero-order chi connectivity index (χ0) is 13.8. The molecule has 0 radical (unpaired) electrons. The molecule has 0 saturated carbocycles. The van der Waals surface area contributed by atoms with Crippen molar-refractivity contribution >= 4 is 17.2 Å². The Morgan fingerprint density at radius 1 is 1.16 bits per heavy atom. The van der Waals surface area contributed by atoms with E-state index in [1.165, 1.54) is 0 Å². The van der Waals surface area contributed by atoms with E-state index in [0.29, 0.717) is 0 Å². The van der Waals surface area contributed by atoms with Crippen molar-refractivity contribution in [3.05, 3.63) is 35.5 Å². The summed E-state index contributed by atoms with van der Waals surface area (Å²) in [7, 11) is 0. The van der Waals surface area contributed by atoms with Gasteiger partial charge in [0, 0.05) is 30.0 Å². The second-order valence-electron chi connectivity index (χ2n) is 4.95. The standard InChI is InChI=1S/C16H22N2O/c1-4-10-18(11-5-2)12(3)15-13-8-6-7-9-14(13)17-16(15)19/h6-9H,4-5,10-11H2,1-3H3,(H,17,19). The van der Waals surface area contributed by atoms with Gasteiger partial charge in [-0.1, -0.05) is 32.0 Å². The van der Waals surface area contributed by atoms with Crippen LogP contribution in [-0.4, -0.2) is 23.9 Å². The van der Waals surface area contributed by atoms with Crippen molar-refractivity contribution in [1.82, 2.24) is 4.90 Å². The Bertz CT molecular complexity index is 499. The summed E-state index contributed by atoms with van der Waals surface area (Å²) in [5.74, 6) is 0.0240. The van der Waals surface area contributed by atoms with Crippen LogP contribution in [0.2, 0.25) is 0 Å². The third-order valence-electron chi connectivity index (χ3n) is 3.49. The van der Waals surface area contributed by atoms with Crippen molar-refractivity contribution in [3.63, 3.8) is 0 Å². The highest BCUT2D eigenvalue weighted by atomic mass is 16.2. The summed E-state index contributed by atoms with van der Waals surface area (Å²) in [5.41, 5.74) is 3.88. The van der Waals surface area contributed by atoms with Gasteiger partial charge in [0.25, 0.3) is 5.91 Å². The lowest BCUT2D eigenvalue weighted by Crippen LogP contribution is -2.25. The number of rotatable bonds is 5. The number of carbonyl (C=O) groups is 1. The van der Waals surface area contributed by atoms with Crippen LogP contribution < -0.4 is 5.32 Å². The van der Waals surface area contributed by atoms with Gasteiger partial charge in [0.05, 0.1) is 5.57 Å². The van der Waals surface area contributed by atoms with Crippen LogP contribution in [0.4, 0.5) is 5.69 Å². The van der Waals surface area contributed by atoms with E-state index < -0.39 is 0 Å². The molecule has 1 aliphatic rings. The Hall–Kier alpha value is -1.77. The average molecular weight is 258 g/mol. The molecule has 2 rings (SSSR count). The van der Waals surface area contributed by atoms with Gasteiger partial charge in [0.2, 0.25) is 0 Å². The maximum absolute atomic E-state index is 12.2. The molecule has 102 valence electrons. The van der Waals surface area contributed by atoms with E-state index in [1.54, 1.807) is 0 Å². The first kappa shape index (κ1) is 13.7. The van der Waals surface area contributed by atoms with E-state index in [0.717, 1.165) is 48.5 Å². The Morgan fingerprint density at radius 3 is 2.42 bits per heavy atom. The molecule has 19 heavy (non-hydrogen) atoms. The number of benzene rings is 1. The van der Waals surface area contributed by atoms with E-state index in [2.05, 4.69) is 31.0 Å². The third kappa shape index (κ3) is 2.65. The number of amides is 1. The predicted octanol–water partition coefficient (Wildman–Crippen LogP) is 3.49. The fraction of sp³-hybridized carbons (Fsp3) is 0.438. The molecular weight excluding hydrogens is 236 g/mol. The maximum atomic E-state index is 12.2. The van der Waals surface area contributed by atoms with Gasteiger partial charge in [-0.25, -0.2) is 0 Å². The molecular formula is C16H22N2O. The lowest BCUT2D eigenvalue weighted by molar-refractivity contribution is -0.110. The summed E-state index contributed by atoms with van der Waals surface area (Å²) in [6.07, 6.45) is 2.18. The van der Waals surface area contributed by atoms with Crippen LogP contribution in [0.25, 0.3) is 5.57 Å². The molecule has 0 unspecified atom stereocenters. The van der Waals surface area contributed by atoms with Gasteiger partial charge in [0.15, 0.2) is 0 Å². The van der Waals surface area contributed by atoms with Gasteiger partial charge in [-0.05, 0) is 25.8 Å². The molecule has 0 spiro atoms. The number of nitrogens with zero attached hydrogens (tertiary/aromatic N) is 1. The summed E-state index contributed by atoms with van der Waals surface area (Å²) in [4.78, 5) is 14.5. The van der Waals surface area contributed by atoms with Gasteiger partial charge >= 0.3 is 0 Å². The molecule has 0 bridgehead atoms. The van der Waals surface area contributed by atoms with Gasteiger partial charge in [0.1, 0.15) is 0 Å². The summed E-state index contributed by atoms with van der Waals surface area (Å²) in [6, 6.07) is 7.91. The molecule has 1 heterocycles. The summed E-state index contributed by atoms with van der Waals surface area (Å²) in [5, 5.41) is 2.94. The van der Waals surface area contributed by atoms with Crippen LogP contribution in [0.1, 0.15) is 39.2 Å². The minimum atomic E-state index is 0.0240. The molecule has 0 saturated heterocycles. The molecule has 0 atom stereocenters. The van der Waals surface area contributed by atoms with Crippen molar-refractivity contribution in [2.45, 2.75) is 33.6 Å². The second kappa shape index (κ2) is 5.91. The Morgan fingerprint density at radius 2 is 1.79 bits per heavy atom. The van der Waals surface area contributed by atoms with Crippen LogP contribution in [0.15, 0.2) is 30.0 Å². The number of carbonyl (C=O) groups excluding carboxylic acids is 1. The van der Waals surface area contributed by atoms with Crippen LogP contribution >= 0.6 is 0 Å². The van der Waals surface area contributed by atoms with Gasteiger partial charge in [-0.3, -0.25) is 4.79 Å². The normalized spacial score (nSPS) is 16.1. The molecule has 1 N–H and O–H groups in total. The molecule has 1 aliphatic heterocycles. The first-order valence-corrected chi connectivity index (χ1v) is 7.05. The van der Waals surface area contributed by atoms with Crippen LogP contribution in [0, 0.1) is 0 Å². The Kier molecular flexibility index (Phi) is 4.25. The van der Waals surface area contributed by atoms with E-state index in [-0.39, 0.29) is 5.91 Å².